The first-order chi connectivity index (χ1) is 9.74. The van der Waals surface area contributed by atoms with Gasteiger partial charge in [-0.3, -0.25) is 4.79 Å². The molecule has 2 aliphatic rings. The van der Waals surface area contributed by atoms with Gasteiger partial charge in [0.2, 0.25) is 5.91 Å². The van der Waals surface area contributed by atoms with Crippen LogP contribution in [0.1, 0.15) is 30.6 Å². The van der Waals surface area contributed by atoms with Gasteiger partial charge < -0.3 is 15.0 Å². The smallest absolute Gasteiger partial charge is 0.225 e. The SMILES string of the molecule is CC1CN(C(=O)CC2OCCc3ccccc32)CCN1. The van der Waals surface area contributed by atoms with E-state index in [-0.39, 0.29) is 12.0 Å². The summed E-state index contributed by atoms with van der Waals surface area (Å²) in [5, 5.41) is 3.36. The van der Waals surface area contributed by atoms with E-state index >= 15 is 0 Å². The minimum Gasteiger partial charge on any atom is -0.373 e. The van der Waals surface area contributed by atoms with Gasteiger partial charge in [-0.1, -0.05) is 24.3 Å². The van der Waals surface area contributed by atoms with E-state index in [0.29, 0.717) is 19.1 Å². The summed E-state index contributed by atoms with van der Waals surface area (Å²) in [6, 6.07) is 8.70. The van der Waals surface area contributed by atoms with Crippen LogP contribution in [0.3, 0.4) is 0 Å². The van der Waals surface area contributed by atoms with Crippen molar-refractivity contribution in [1.82, 2.24) is 10.2 Å². The van der Waals surface area contributed by atoms with Gasteiger partial charge in [-0.15, -0.1) is 0 Å². The Balaban J connectivity index is 1.68. The van der Waals surface area contributed by atoms with E-state index in [9.17, 15) is 4.79 Å². The van der Waals surface area contributed by atoms with Crippen LogP contribution in [-0.2, 0) is 16.0 Å². The first kappa shape index (κ1) is 13.6. The second kappa shape index (κ2) is 5.94. The van der Waals surface area contributed by atoms with Crippen molar-refractivity contribution in [1.29, 1.82) is 0 Å². The zero-order valence-electron chi connectivity index (χ0n) is 12.0. The van der Waals surface area contributed by atoms with Crippen molar-refractivity contribution in [2.24, 2.45) is 0 Å². The molecule has 0 aromatic heterocycles. The van der Waals surface area contributed by atoms with Crippen LogP contribution in [0.2, 0.25) is 0 Å². The second-order valence-electron chi connectivity index (χ2n) is 5.71. The number of piperazine rings is 1. The predicted molar refractivity (Wildman–Crippen MR) is 77.5 cm³/mol. The molecule has 4 nitrogen and oxygen atoms in total. The Bertz CT molecular complexity index is 489. The second-order valence-corrected chi connectivity index (χ2v) is 5.71. The summed E-state index contributed by atoms with van der Waals surface area (Å²) in [7, 11) is 0. The van der Waals surface area contributed by atoms with E-state index in [0.717, 1.165) is 26.1 Å². The number of hydrogen-bond acceptors (Lipinski definition) is 3. The monoisotopic (exact) mass is 274 g/mol. The number of nitrogens with one attached hydrogen (secondary N) is 1. The molecule has 2 unspecified atom stereocenters. The zero-order valence-corrected chi connectivity index (χ0v) is 12.0. The molecule has 1 aromatic rings. The normalized spacial score (nSPS) is 26.1. The molecule has 0 radical (unpaired) electrons. The number of amides is 1. The molecule has 3 rings (SSSR count). The van der Waals surface area contributed by atoms with Crippen LogP contribution < -0.4 is 5.32 Å². The minimum atomic E-state index is -0.0716. The van der Waals surface area contributed by atoms with Crippen molar-refractivity contribution in [3.8, 4) is 0 Å². The molecule has 0 aliphatic carbocycles. The molecular weight excluding hydrogens is 252 g/mol. The lowest BCUT2D eigenvalue weighted by atomic mass is 9.95. The highest BCUT2D eigenvalue weighted by molar-refractivity contribution is 5.77. The zero-order chi connectivity index (χ0) is 13.9. The van der Waals surface area contributed by atoms with Gasteiger partial charge in [0.25, 0.3) is 0 Å². The van der Waals surface area contributed by atoms with Gasteiger partial charge >= 0.3 is 0 Å². The highest BCUT2D eigenvalue weighted by atomic mass is 16.5. The lowest BCUT2D eigenvalue weighted by Gasteiger charge is -2.34. The molecule has 1 amide bonds. The van der Waals surface area contributed by atoms with Crippen LogP contribution >= 0.6 is 0 Å². The number of rotatable bonds is 2. The number of fused-ring (bicyclic) bond motifs is 1. The lowest BCUT2D eigenvalue weighted by Crippen LogP contribution is -2.51. The third kappa shape index (κ3) is 2.86. The molecule has 0 saturated carbocycles. The summed E-state index contributed by atoms with van der Waals surface area (Å²) in [4.78, 5) is 14.4. The fourth-order valence-corrected chi connectivity index (χ4v) is 3.09. The number of ether oxygens (including phenoxy) is 1. The molecule has 2 atom stereocenters. The molecule has 4 heteroatoms. The summed E-state index contributed by atoms with van der Waals surface area (Å²) >= 11 is 0. The van der Waals surface area contributed by atoms with Crippen molar-refractivity contribution in [3.63, 3.8) is 0 Å². The Morgan fingerprint density at radius 1 is 1.45 bits per heavy atom. The molecule has 1 fully saturated rings. The molecule has 1 N–H and O–H groups in total. The van der Waals surface area contributed by atoms with Crippen LogP contribution in [-0.4, -0.2) is 43.1 Å². The number of carbonyl (C=O) groups excluding carboxylic acids is 1. The standard InChI is InChI=1S/C16H22N2O2/c1-12-11-18(8-7-17-12)16(19)10-15-14-5-3-2-4-13(14)6-9-20-15/h2-5,12,15,17H,6-11H2,1H3. The maximum atomic E-state index is 12.4. The first-order valence-electron chi connectivity index (χ1n) is 7.44. The van der Waals surface area contributed by atoms with Gasteiger partial charge in [-0.2, -0.15) is 0 Å². The van der Waals surface area contributed by atoms with Gasteiger partial charge in [0.15, 0.2) is 0 Å². The molecule has 0 spiro atoms. The van der Waals surface area contributed by atoms with Crippen molar-refractivity contribution in [3.05, 3.63) is 35.4 Å². The summed E-state index contributed by atoms with van der Waals surface area (Å²) in [6.45, 7) is 5.32. The van der Waals surface area contributed by atoms with Crippen molar-refractivity contribution in [2.45, 2.75) is 31.9 Å². The highest BCUT2D eigenvalue weighted by Crippen LogP contribution is 2.30. The van der Waals surface area contributed by atoms with Crippen LogP contribution in [0.25, 0.3) is 0 Å². The third-order valence-electron chi connectivity index (χ3n) is 4.17. The van der Waals surface area contributed by atoms with Crippen LogP contribution in [0.15, 0.2) is 24.3 Å². The van der Waals surface area contributed by atoms with E-state index in [2.05, 4.69) is 30.4 Å². The Kier molecular flexibility index (Phi) is 4.03. The fourth-order valence-electron chi connectivity index (χ4n) is 3.09. The largest absolute Gasteiger partial charge is 0.373 e. The average Bonchev–Trinajstić information content (AvgIpc) is 2.47. The van der Waals surface area contributed by atoms with Crippen molar-refractivity contribution >= 4 is 5.91 Å². The Labute approximate surface area is 120 Å². The predicted octanol–water partition coefficient (Wildman–Crippen LogP) is 1.51. The van der Waals surface area contributed by atoms with Crippen molar-refractivity contribution < 1.29 is 9.53 Å². The van der Waals surface area contributed by atoms with Gasteiger partial charge in [-0.05, 0) is 24.5 Å². The maximum absolute atomic E-state index is 12.4. The van der Waals surface area contributed by atoms with Gasteiger partial charge in [0.05, 0.1) is 19.1 Å². The molecule has 2 heterocycles. The summed E-state index contributed by atoms with van der Waals surface area (Å²) in [6.07, 6.45) is 1.34. The van der Waals surface area contributed by atoms with E-state index in [1.54, 1.807) is 0 Å². The topological polar surface area (TPSA) is 41.6 Å². The highest BCUT2D eigenvalue weighted by Gasteiger charge is 2.27. The van der Waals surface area contributed by atoms with Gasteiger partial charge in [-0.25, -0.2) is 0 Å². The molecule has 108 valence electrons. The third-order valence-corrected chi connectivity index (χ3v) is 4.17. The quantitative estimate of drug-likeness (QED) is 0.889. The van der Waals surface area contributed by atoms with Crippen LogP contribution in [0, 0.1) is 0 Å². The van der Waals surface area contributed by atoms with E-state index < -0.39 is 0 Å². The Morgan fingerprint density at radius 2 is 2.30 bits per heavy atom. The number of nitrogens with zero attached hydrogens (tertiary/aromatic N) is 1. The summed E-state index contributed by atoms with van der Waals surface area (Å²) in [5.41, 5.74) is 2.51. The molecule has 20 heavy (non-hydrogen) atoms. The minimum absolute atomic E-state index is 0.0716. The maximum Gasteiger partial charge on any atom is 0.225 e. The first-order valence-corrected chi connectivity index (χ1v) is 7.44. The number of carbonyl (C=O) groups is 1. The van der Waals surface area contributed by atoms with Crippen molar-refractivity contribution in [2.75, 3.05) is 26.2 Å². The van der Waals surface area contributed by atoms with E-state index in [4.69, 9.17) is 4.74 Å². The average molecular weight is 274 g/mol. The number of benzene rings is 1. The molecule has 2 aliphatic heterocycles. The fraction of sp³-hybridized carbons (Fsp3) is 0.562. The molecular formula is C16H22N2O2. The molecule has 1 aromatic carbocycles. The van der Waals surface area contributed by atoms with Crippen LogP contribution in [0.5, 0.6) is 0 Å². The van der Waals surface area contributed by atoms with Gasteiger partial charge in [0.1, 0.15) is 0 Å². The van der Waals surface area contributed by atoms with Gasteiger partial charge in [0, 0.05) is 25.7 Å². The summed E-state index contributed by atoms with van der Waals surface area (Å²) < 4.78 is 5.83. The lowest BCUT2D eigenvalue weighted by molar-refractivity contribution is -0.135. The Morgan fingerprint density at radius 3 is 3.15 bits per heavy atom. The Hall–Kier alpha value is -1.39. The number of hydrogen-bond donors (Lipinski definition) is 1. The van der Waals surface area contributed by atoms with E-state index in [1.165, 1.54) is 11.1 Å². The van der Waals surface area contributed by atoms with E-state index in [1.807, 2.05) is 11.0 Å². The molecule has 1 saturated heterocycles. The molecule has 0 bridgehead atoms. The van der Waals surface area contributed by atoms with Crippen LogP contribution in [0.4, 0.5) is 0 Å². The summed E-state index contributed by atoms with van der Waals surface area (Å²) in [5.74, 6) is 0.208.